The Balaban J connectivity index is 2.22. The molecule has 1 aliphatic heterocycles. The van der Waals surface area contributed by atoms with Crippen molar-refractivity contribution in [1.82, 2.24) is 9.55 Å². The van der Waals surface area contributed by atoms with Crippen LogP contribution in [0.1, 0.15) is 6.23 Å². The number of para-hydroxylation sites is 1. The molecule has 1 unspecified atom stereocenters. The molecule has 8 nitrogen and oxygen atoms in total. The summed E-state index contributed by atoms with van der Waals surface area (Å²) in [6.07, 6.45) is -4.90. The molecule has 4 N–H and O–H groups in total. The van der Waals surface area contributed by atoms with Crippen LogP contribution in [0.25, 0.3) is 10.9 Å². The number of aliphatic hydroxyl groups excluding tert-OH is 3. The van der Waals surface area contributed by atoms with Gasteiger partial charge in [0, 0.05) is 0 Å². The second-order valence-corrected chi connectivity index (χ2v) is 4.88. The predicted octanol–water partition coefficient (Wildman–Crippen LogP) is -1.70. The van der Waals surface area contributed by atoms with Gasteiger partial charge in [-0.05, 0) is 12.1 Å². The monoisotopic (exact) mass is 294 g/mol. The standard InChI is InChI=1S/C13H14N2O6/c16-5-8-9(17)10(18)12(21-8)15-7-4-2-1-3-6(7)11(19)14-13(15)20/h1-4,8-10,12,16-18H,5H2,(H,14,19,20)/t8?,9-,10-,12-/m1/s1. The molecule has 0 saturated carbocycles. The van der Waals surface area contributed by atoms with Crippen molar-refractivity contribution in [2.24, 2.45) is 0 Å². The number of fused-ring (bicyclic) bond motifs is 1. The van der Waals surface area contributed by atoms with Gasteiger partial charge in [-0.2, -0.15) is 0 Å². The number of aliphatic hydroxyl groups is 3. The number of hydrogen-bond donors (Lipinski definition) is 4. The Labute approximate surface area is 117 Å². The highest BCUT2D eigenvalue weighted by Crippen LogP contribution is 2.29. The summed E-state index contributed by atoms with van der Waals surface area (Å²) in [7, 11) is 0. The topological polar surface area (TPSA) is 125 Å². The van der Waals surface area contributed by atoms with Crippen molar-refractivity contribution in [3.05, 3.63) is 45.1 Å². The molecule has 4 atom stereocenters. The van der Waals surface area contributed by atoms with E-state index in [9.17, 15) is 19.8 Å². The van der Waals surface area contributed by atoms with Crippen LogP contribution in [0, 0.1) is 0 Å². The van der Waals surface area contributed by atoms with Crippen molar-refractivity contribution < 1.29 is 20.1 Å². The number of ether oxygens (including phenoxy) is 1. The molecule has 3 rings (SSSR count). The molecule has 0 amide bonds. The maximum atomic E-state index is 12.1. The summed E-state index contributed by atoms with van der Waals surface area (Å²) in [5.41, 5.74) is -1.02. The molecule has 0 bridgehead atoms. The number of hydrogen-bond acceptors (Lipinski definition) is 6. The van der Waals surface area contributed by atoms with Crippen molar-refractivity contribution in [2.75, 3.05) is 6.61 Å². The minimum atomic E-state index is -1.39. The number of rotatable bonds is 2. The first-order valence-electron chi connectivity index (χ1n) is 6.40. The normalized spacial score (nSPS) is 29.1. The highest BCUT2D eigenvalue weighted by atomic mass is 16.6. The van der Waals surface area contributed by atoms with E-state index in [4.69, 9.17) is 9.84 Å². The minimum Gasteiger partial charge on any atom is -0.394 e. The molecule has 8 heteroatoms. The van der Waals surface area contributed by atoms with Crippen LogP contribution < -0.4 is 11.2 Å². The van der Waals surface area contributed by atoms with E-state index in [0.29, 0.717) is 0 Å². The summed E-state index contributed by atoms with van der Waals surface area (Å²) >= 11 is 0. The van der Waals surface area contributed by atoms with Crippen molar-refractivity contribution in [3.63, 3.8) is 0 Å². The fourth-order valence-corrected chi connectivity index (χ4v) is 2.56. The zero-order chi connectivity index (χ0) is 15.1. The number of aromatic nitrogens is 2. The minimum absolute atomic E-state index is 0.259. The molecule has 0 radical (unpaired) electrons. The molecule has 1 aliphatic rings. The number of benzene rings is 1. The molecule has 112 valence electrons. The van der Waals surface area contributed by atoms with E-state index in [0.717, 1.165) is 4.57 Å². The van der Waals surface area contributed by atoms with Crippen LogP contribution in [-0.2, 0) is 4.74 Å². The third-order valence-electron chi connectivity index (χ3n) is 3.62. The fraction of sp³-hybridized carbons (Fsp3) is 0.385. The molecular weight excluding hydrogens is 280 g/mol. The van der Waals surface area contributed by atoms with E-state index < -0.39 is 42.4 Å². The molecule has 1 aromatic heterocycles. The predicted molar refractivity (Wildman–Crippen MR) is 71.8 cm³/mol. The van der Waals surface area contributed by atoms with Gasteiger partial charge in [0.15, 0.2) is 6.23 Å². The average molecular weight is 294 g/mol. The van der Waals surface area contributed by atoms with Crippen molar-refractivity contribution in [3.8, 4) is 0 Å². The van der Waals surface area contributed by atoms with Crippen LogP contribution in [0.2, 0.25) is 0 Å². The maximum Gasteiger partial charge on any atom is 0.331 e. The molecule has 0 spiro atoms. The van der Waals surface area contributed by atoms with Crippen LogP contribution in [-0.4, -0.2) is 49.8 Å². The van der Waals surface area contributed by atoms with Crippen molar-refractivity contribution >= 4 is 10.9 Å². The number of aromatic amines is 1. The van der Waals surface area contributed by atoms with E-state index in [1.54, 1.807) is 18.2 Å². The van der Waals surface area contributed by atoms with Crippen molar-refractivity contribution in [2.45, 2.75) is 24.5 Å². The number of nitrogens with one attached hydrogen (secondary N) is 1. The molecule has 2 aromatic rings. The first-order valence-corrected chi connectivity index (χ1v) is 6.40. The van der Waals surface area contributed by atoms with Gasteiger partial charge in [0.25, 0.3) is 5.56 Å². The van der Waals surface area contributed by atoms with Crippen LogP contribution in [0.15, 0.2) is 33.9 Å². The third-order valence-corrected chi connectivity index (χ3v) is 3.62. The fourth-order valence-electron chi connectivity index (χ4n) is 2.56. The SMILES string of the molecule is O=c1[nH]c(=O)n([C@@H]2OC(CO)[C@@H](O)[C@H]2O)c2ccccc12. The van der Waals surface area contributed by atoms with Crippen LogP contribution >= 0.6 is 0 Å². The average Bonchev–Trinajstić information content (AvgIpc) is 2.75. The number of nitrogens with zero attached hydrogens (tertiary/aromatic N) is 1. The lowest BCUT2D eigenvalue weighted by atomic mass is 10.1. The van der Waals surface area contributed by atoms with Gasteiger partial charge in [-0.3, -0.25) is 14.3 Å². The van der Waals surface area contributed by atoms with Gasteiger partial charge in [-0.1, -0.05) is 12.1 Å². The van der Waals surface area contributed by atoms with E-state index in [-0.39, 0.29) is 10.9 Å². The van der Waals surface area contributed by atoms with Gasteiger partial charge in [-0.15, -0.1) is 0 Å². The molecule has 1 fully saturated rings. The zero-order valence-corrected chi connectivity index (χ0v) is 10.8. The van der Waals surface area contributed by atoms with Gasteiger partial charge in [-0.25, -0.2) is 4.79 Å². The summed E-state index contributed by atoms with van der Waals surface area (Å²) in [4.78, 5) is 26.0. The first-order chi connectivity index (χ1) is 10.0. The second kappa shape index (κ2) is 5.08. The molecule has 1 saturated heterocycles. The molecular formula is C13H14N2O6. The van der Waals surface area contributed by atoms with E-state index in [2.05, 4.69) is 4.98 Å². The maximum absolute atomic E-state index is 12.1. The summed E-state index contributed by atoms with van der Waals surface area (Å²) in [6.45, 7) is -0.495. The molecule has 21 heavy (non-hydrogen) atoms. The Morgan fingerprint density at radius 1 is 1.19 bits per heavy atom. The summed E-state index contributed by atoms with van der Waals surface area (Å²) < 4.78 is 6.41. The molecule has 0 aliphatic carbocycles. The Kier molecular flexibility index (Phi) is 3.38. The van der Waals surface area contributed by atoms with E-state index >= 15 is 0 Å². The van der Waals surface area contributed by atoms with Gasteiger partial charge >= 0.3 is 5.69 Å². The van der Waals surface area contributed by atoms with Crippen LogP contribution in [0.3, 0.4) is 0 Å². The Morgan fingerprint density at radius 2 is 1.90 bits per heavy atom. The Morgan fingerprint density at radius 3 is 2.57 bits per heavy atom. The molecule has 2 heterocycles. The largest absolute Gasteiger partial charge is 0.394 e. The summed E-state index contributed by atoms with van der Waals surface area (Å²) in [5.74, 6) is 0. The summed E-state index contributed by atoms with van der Waals surface area (Å²) in [6, 6.07) is 6.36. The highest BCUT2D eigenvalue weighted by Gasteiger charge is 2.44. The van der Waals surface area contributed by atoms with Gasteiger partial charge in [0.1, 0.15) is 18.3 Å². The van der Waals surface area contributed by atoms with E-state index in [1.165, 1.54) is 6.07 Å². The zero-order valence-electron chi connectivity index (χ0n) is 10.8. The van der Waals surface area contributed by atoms with E-state index in [1.807, 2.05) is 0 Å². The number of H-pyrrole nitrogens is 1. The Hall–Kier alpha value is -2.00. The smallest absolute Gasteiger partial charge is 0.331 e. The van der Waals surface area contributed by atoms with Gasteiger partial charge in [0.05, 0.1) is 17.5 Å². The first kappa shape index (κ1) is 14.0. The van der Waals surface area contributed by atoms with Gasteiger partial charge < -0.3 is 20.1 Å². The van der Waals surface area contributed by atoms with Gasteiger partial charge in [0.2, 0.25) is 0 Å². The lowest BCUT2D eigenvalue weighted by molar-refractivity contribution is -0.0527. The van der Waals surface area contributed by atoms with Crippen molar-refractivity contribution in [1.29, 1.82) is 0 Å². The Bertz CT molecular complexity index is 782. The summed E-state index contributed by atoms with van der Waals surface area (Å²) in [5, 5.41) is 29.2. The van der Waals surface area contributed by atoms with Crippen LogP contribution in [0.4, 0.5) is 0 Å². The quantitative estimate of drug-likeness (QED) is 0.523. The molecule has 1 aromatic carbocycles. The van der Waals surface area contributed by atoms with Crippen LogP contribution in [0.5, 0.6) is 0 Å². The third kappa shape index (κ3) is 2.09. The second-order valence-electron chi connectivity index (χ2n) is 4.88. The highest BCUT2D eigenvalue weighted by molar-refractivity contribution is 5.77. The lowest BCUT2D eigenvalue weighted by Gasteiger charge is -2.19. The lowest BCUT2D eigenvalue weighted by Crippen LogP contribution is -2.38.